The van der Waals surface area contributed by atoms with E-state index in [2.05, 4.69) is 0 Å². The quantitative estimate of drug-likeness (QED) is 0.681. The van der Waals surface area contributed by atoms with Gasteiger partial charge < -0.3 is 0 Å². The third kappa shape index (κ3) is 3.45. The molecule has 1 rings (SSSR count). The summed E-state index contributed by atoms with van der Waals surface area (Å²) in [5, 5.41) is 0. The highest BCUT2D eigenvalue weighted by Crippen LogP contribution is 2.53. The monoisotopic (exact) mass is 352 g/mol. The Morgan fingerprint density at radius 1 is 0.783 bits per heavy atom. The van der Waals surface area contributed by atoms with Crippen molar-refractivity contribution in [3.63, 3.8) is 0 Å². The SMILES string of the molecule is O=C(CCc1ccccc1)C(F)(F)C(F)(F)C(F)(F)C(F)(F)F. The van der Waals surface area contributed by atoms with Gasteiger partial charge in [-0.2, -0.15) is 39.5 Å². The van der Waals surface area contributed by atoms with E-state index in [9.17, 15) is 44.3 Å². The van der Waals surface area contributed by atoms with E-state index in [1.807, 2.05) is 0 Å². The van der Waals surface area contributed by atoms with E-state index in [0.717, 1.165) is 0 Å². The molecule has 1 aromatic rings. The normalized spacial score (nSPS) is 14.0. The highest BCUT2D eigenvalue weighted by atomic mass is 19.4. The van der Waals surface area contributed by atoms with Crippen LogP contribution >= 0.6 is 0 Å². The molecule has 0 N–H and O–H groups in total. The molecule has 1 aromatic carbocycles. The zero-order valence-corrected chi connectivity index (χ0v) is 11.1. The summed E-state index contributed by atoms with van der Waals surface area (Å²) in [6, 6.07) is 7.08. The fraction of sp³-hybridized carbons (Fsp3) is 0.462. The maximum atomic E-state index is 13.2. The predicted octanol–water partition coefficient (Wildman–Crippen LogP) is 4.66. The van der Waals surface area contributed by atoms with Crippen molar-refractivity contribution in [2.45, 2.75) is 36.8 Å². The van der Waals surface area contributed by atoms with Crippen LogP contribution in [0.4, 0.5) is 39.5 Å². The van der Waals surface area contributed by atoms with Crippen LogP contribution < -0.4 is 0 Å². The van der Waals surface area contributed by atoms with E-state index in [-0.39, 0.29) is 5.56 Å². The number of benzene rings is 1. The molecule has 0 saturated heterocycles. The predicted molar refractivity (Wildman–Crippen MR) is 60.7 cm³/mol. The number of alkyl halides is 9. The molecule has 23 heavy (non-hydrogen) atoms. The van der Waals surface area contributed by atoms with Gasteiger partial charge >= 0.3 is 23.9 Å². The first kappa shape index (κ1) is 19.3. The molecular formula is C13H9F9O. The molecule has 0 aliphatic carbocycles. The number of hydrogen-bond donors (Lipinski definition) is 0. The second-order valence-corrected chi connectivity index (χ2v) is 4.63. The lowest BCUT2D eigenvalue weighted by atomic mass is 9.96. The Morgan fingerprint density at radius 2 is 1.26 bits per heavy atom. The molecule has 0 fully saturated rings. The Balaban J connectivity index is 2.97. The Labute approximate surface area is 124 Å². The number of aryl methyl sites for hydroxylation is 1. The number of Topliss-reactive ketones (excluding diaryl/α,β-unsaturated/α-hetero) is 1. The molecule has 0 spiro atoms. The molecular weight excluding hydrogens is 343 g/mol. The van der Waals surface area contributed by atoms with Crippen LogP contribution in [-0.2, 0) is 11.2 Å². The van der Waals surface area contributed by atoms with Crippen LogP contribution in [0.25, 0.3) is 0 Å². The lowest BCUT2D eigenvalue weighted by Crippen LogP contribution is -2.63. The maximum Gasteiger partial charge on any atom is 0.460 e. The average Bonchev–Trinajstić information content (AvgIpc) is 2.44. The number of carbonyl (C=O) groups is 1. The highest BCUT2D eigenvalue weighted by molar-refractivity contribution is 5.87. The summed E-state index contributed by atoms with van der Waals surface area (Å²) in [6.07, 6.45) is -8.76. The van der Waals surface area contributed by atoms with E-state index < -0.39 is 42.6 Å². The summed E-state index contributed by atoms with van der Waals surface area (Å²) in [7, 11) is 0. The third-order valence-electron chi connectivity index (χ3n) is 2.98. The summed E-state index contributed by atoms with van der Waals surface area (Å²) in [6.45, 7) is 0. The van der Waals surface area contributed by atoms with Crippen molar-refractivity contribution in [3.8, 4) is 0 Å². The molecule has 0 bridgehead atoms. The highest BCUT2D eigenvalue weighted by Gasteiger charge is 2.83. The van der Waals surface area contributed by atoms with Crippen molar-refractivity contribution in [2.75, 3.05) is 0 Å². The summed E-state index contributed by atoms with van der Waals surface area (Å²) in [4.78, 5) is 11.1. The number of rotatable bonds is 6. The molecule has 1 nitrogen and oxygen atoms in total. The minimum Gasteiger partial charge on any atom is -0.293 e. The van der Waals surface area contributed by atoms with Gasteiger partial charge in [0.05, 0.1) is 0 Å². The molecule has 130 valence electrons. The van der Waals surface area contributed by atoms with Gasteiger partial charge in [0.25, 0.3) is 0 Å². The summed E-state index contributed by atoms with van der Waals surface area (Å²) >= 11 is 0. The van der Waals surface area contributed by atoms with Crippen LogP contribution in [0.1, 0.15) is 12.0 Å². The second-order valence-electron chi connectivity index (χ2n) is 4.63. The maximum absolute atomic E-state index is 13.2. The lowest BCUT2D eigenvalue weighted by molar-refractivity contribution is -0.388. The Hall–Kier alpha value is -1.74. The molecule has 0 unspecified atom stereocenters. The molecule has 0 aromatic heterocycles. The summed E-state index contributed by atoms with van der Waals surface area (Å²) in [5.41, 5.74) is 0.252. The zero-order chi connectivity index (χ0) is 18.1. The molecule has 0 saturated carbocycles. The van der Waals surface area contributed by atoms with Crippen molar-refractivity contribution in [3.05, 3.63) is 35.9 Å². The first-order valence-corrected chi connectivity index (χ1v) is 6.02. The van der Waals surface area contributed by atoms with Gasteiger partial charge in [0.1, 0.15) is 0 Å². The number of hydrogen-bond acceptors (Lipinski definition) is 1. The summed E-state index contributed by atoms with van der Waals surface area (Å²) in [5.74, 6) is -22.8. The molecule has 0 amide bonds. The van der Waals surface area contributed by atoms with E-state index in [4.69, 9.17) is 0 Å². The number of halogens is 9. The molecule has 0 aliphatic rings. The molecule has 0 aliphatic heterocycles. The van der Waals surface area contributed by atoms with Crippen LogP contribution in [-0.4, -0.2) is 29.7 Å². The minimum absolute atomic E-state index is 0.252. The Kier molecular flexibility index (Phi) is 5.07. The average molecular weight is 352 g/mol. The topological polar surface area (TPSA) is 17.1 Å². The van der Waals surface area contributed by atoms with Crippen LogP contribution in [0.5, 0.6) is 0 Å². The van der Waals surface area contributed by atoms with E-state index in [0.29, 0.717) is 0 Å². The summed E-state index contributed by atoms with van der Waals surface area (Å²) < 4.78 is 113. The molecule has 0 radical (unpaired) electrons. The largest absolute Gasteiger partial charge is 0.460 e. The second kappa shape index (κ2) is 6.04. The van der Waals surface area contributed by atoms with Gasteiger partial charge in [0, 0.05) is 6.42 Å². The van der Waals surface area contributed by atoms with E-state index in [1.54, 1.807) is 0 Å². The smallest absolute Gasteiger partial charge is 0.293 e. The van der Waals surface area contributed by atoms with Gasteiger partial charge in [-0.15, -0.1) is 0 Å². The van der Waals surface area contributed by atoms with Crippen LogP contribution in [0.3, 0.4) is 0 Å². The van der Waals surface area contributed by atoms with Crippen molar-refractivity contribution < 1.29 is 44.3 Å². The van der Waals surface area contributed by atoms with Crippen LogP contribution in [0.2, 0.25) is 0 Å². The fourth-order valence-corrected chi connectivity index (χ4v) is 1.61. The van der Waals surface area contributed by atoms with Crippen molar-refractivity contribution in [1.82, 2.24) is 0 Å². The van der Waals surface area contributed by atoms with E-state index >= 15 is 0 Å². The first-order valence-electron chi connectivity index (χ1n) is 6.02. The third-order valence-corrected chi connectivity index (χ3v) is 2.98. The number of ketones is 1. The Morgan fingerprint density at radius 3 is 1.70 bits per heavy atom. The Bertz CT molecular complexity index is 548. The standard InChI is InChI=1S/C13H9F9O/c14-10(15,11(16,17)12(18,19)13(20,21)22)9(23)7-6-8-4-2-1-3-5-8/h1-5H,6-7H2. The van der Waals surface area contributed by atoms with Gasteiger partial charge in [-0.1, -0.05) is 30.3 Å². The zero-order valence-electron chi connectivity index (χ0n) is 11.1. The van der Waals surface area contributed by atoms with Crippen molar-refractivity contribution in [1.29, 1.82) is 0 Å². The van der Waals surface area contributed by atoms with Gasteiger partial charge in [0.15, 0.2) is 0 Å². The van der Waals surface area contributed by atoms with E-state index in [1.165, 1.54) is 30.3 Å². The van der Waals surface area contributed by atoms with Gasteiger partial charge in [-0.05, 0) is 12.0 Å². The van der Waals surface area contributed by atoms with Crippen LogP contribution in [0.15, 0.2) is 30.3 Å². The first-order chi connectivity index (χ1) is 10.2. The van der Waals surface area contributed by atoms with Crippen molar-refractivity contribution >= 4 is 5.78 Å². The van der Waals surface area contributed by atoms with Crippen LogP contribution in [0, 0.1) is 0 Å². The molecule has 10 heteroatoms. The molecule has 0 atom stereocenters. The van der Waals surface area contributed by atoms with Crippen molar-refractivity contribution in [2.24, 2.45) is 0 Å². The number of carbonyl (C=O) groups excluding carboxylic acids is 1. The minimum atomic E-state index is -7.05. The van der Waals surface area contributed by atoms with Gasteiger partial charge in [-0.25, -0.2) is 0 Å². The fourth-order valence-electron chi connectivity index (χ4n) is 1.61. The van der Waals surface area contributed by atoms with Gasteiger partial charge in [0.2, 0.25) is 5.78 Å². The van der Waals surface area contributed by atoms with Gasteiger partial charge in [-0.3, -0.25) is 4.79 Å². The molecule has 0 heterocycles. The lowest BCUT2D eigenvalue weighted by Gasteiger charge is -2.32.